The first kappa shape index (κ1) is 26.9. The van der Waals surface area contributed by atoms with Crippen molar-refractivity contribution in [3.05, 3.63) is 0 Å². The number of Topliss-reactive ketones (excluding diaryl/α,β-unsaturated/α-hetero) is 2. The molecule has 2 spiro atoms. The summed E-state index contributed by atoms with van der Waals surface area (Å²) in [5, 5.41) is 0. The number of hydrogen-bond donors (Lipinski definition) is 0. The molecule has 0 heterocycles. The smallest absolute Gasteiger partial charge is 0.159 e. The molecule has 0 radical (unpaired) electrons. The summed E-state index contributed by atoms with van der Waals surface area (Å²) >= 11 is 0. The Morgan fingerprint density at radius 2 is 0.806 bits per heavy atom. The Morgan fingerprint density at radius 1 is 0.500 bits per heavy atom. The Bertz CT molecular complexity index is 655. The van der Waals surface area contributed by atoms with Gasteiger partial charge in [0.25, 0.3) is 0 Å². The lowest BCUT2D eigenvalue weighted by atomic mass is 9.41. The molecule has 2 heteroatoms. The summed E-state index contributed by atoms with van der Waals surface area (Å²) in [6, 6.07) is 0. The fraction of sp³-hybridized carbons (Fsp3) is 0.941. The van der Waals surface area contributed by atoms with Gasteiger partial charge in [-0.15, -0.1) is 0 Å². The van der Waals surface area contributed by atoms with Gasteiger partial charge in [-0.1, -0.05) is 78.1 Å². The highest BCUT2D eigenvalue weighted by Gasteiger charge is 2.71. The molecule has 204 valence electrons. The Balaban J connectivity index is 1.07. The second-order valence-corrected chi connectivity index (χ2v) is 14.3. The predicted molar refractivity (Wildman–Crippen MR) is 149 cm³/mol. The Morgan fingerprint density at radius 3 is 1.11 bits per heavy atom. The topological polar surface area (TPSA) is 34.1 Å². The average molecular weight is 497 g/mol. The van der Waals surface area contributed by atoms with Crippen LogP contribution >= 0.6 is 0 Å². The van der Waals surface area contributed by atoms with Gasteiger partial charge in [0, 0.05) is 0 Å². The minimum atomic E-state index is -0.543. The minimum absolute atomic E-state index is 0.406. The van der Waals surface area contributed by atoms with Crippen LogP contribution in [0.1, 0.15) is 155 Å². The largest absolute Gasteiger partial charge is 0.297 e. The van der Waals surface area contributed by atoms with Gasteiger partial charge in [-0.25, -0.2) is 0 Å². The average Bonchev–Trinajstić information content (AvgIpc) is 2.95. The fourth-order valence-electron chi connectivity index (χ4n) is 10.1. The zero-order valence-electron chi connectivity index (χ0n) is 23.8. The standard InChI is InChI=1S/C34H56O2/c1-3-5-7-25-9-13-27(14-10-25)29-17-21-33(22-18-29)31(35)34(32(33)36)23-19-30(20-24-34)28-15-11-26(12-16-28)8-6-4-2/h25-30H,3-24H2,1-2H3/t25-,26-,27-,28-,29?,30?,33?,34?. The van der Waals surface area contributed by atoms with Crippen LogP contribution in [-0.2, 0) is 9.59 Å². The third kappa shape index (κ3) is 5.02. The highest BCUT2D eigenvalue weighted by Crippen LogP contribution is 2.63. The van der Waals surface area contributed by atoms with E-state index in [-0.39, 0.29) is 0 Å². The van der Waals surface area contributed by atoms with E-state index < -0.39 is 10.8 Å². The van der Waals surface area contributed by atoms with E-state index in [0.717, 1.165) is 86.9 Å². The van der Waals surface area contributed by atoms with Crippen LogP contribution in [0.3, 0.4) is 0 Å². The maximum atomic E-state index is 13.8. The van der Waals surface area contributed by atoms with Crippen LogP contribution in [-0.4, -0.2) is 11.6 Å². The first-order valence-electron chi connectivity index (χ1n) is 16.6. The van der Waals surface area contributed by atoms with Crippen molar-refractivity contribution >= 4 is 11.6 Å². The second-order valence-electron chi connectivity index (χ2n) is 14.3. The number of unbranched alkanes of at least 4 members (excludes halogenated alkanes) is 2. The first-order chi connectivity index (χ1) is 17.5. The lowest BCUT2D eigenvalue weighted by Gasteiger charge is -2.58. The molecule has 0 aliphatic heterocycles. The summed E-state index contributed by atoms with van der Waals surface area (Å²) in [5.74, 6) is 6.05. The van der Waals surface area contributed by atoms with E-state index in [1.165, 1.54) is 89.9 Å². The predicted octanol–water partition coefficient (Wildman–Crippen LogP) is 9.48. The van der Waals surface area contributed by atoms with Crippen molar-refractivity contribution in [2.75, 3.05) is 0 Å². The van der Waals surface area contributed by atoms with E-state index >= 15 is 0 Å². The van der Waals surface area contributed by atoms with Crippen LogP contribution in [0.5, 0.6) is 0 Å². The van der Waals surface area contributed by atoms with Gasteiger partial charge in [0.05, 0.1) is 10.8 Å². The molecule has 0 atom stereocenters. The third-order valence-corrected chi connectivity index (χ3v) is 12.6. The zero-order chi connectivity index (χ0) is 25.2. The van der Waals surface area contributed by atoms with Crippen molar-refractivity contribution in [3.8, 4) is 0 Å². The summed E-state index contributed by atoms with van der Waals surface area (Å²) in [5.41, 5.74) is -1.09. The number of ketones is 2. The normalized spacial score (nSPS) is 43.6. The molecular formula is C34H56O2. The molecule has 5 saturated carbocycles. The Labute approximate surface area is 222 Å². The monoisotopic (exact) mass is 496 g/mol. The van der Waals surface area contributed by atoms with E-state index in [2.05, 4.69) is 13.8 Å². The molecule has 0 amide bonds. The van der Waals surface area contributed by atoms with Gasteiger partial charge in [0.1, 0.15) is 0 Å². The lowest BCUT2D eigenvalue weighted by Crippen LogP contribution is -2.68. The van der Waals surface area contributed by atoms with Gasteiger partial charge in [-0.05, 0) is 113 Å². The molecule has 0 saturated heterocycles. The lowest BCUT2D eigenvalue weighted by molar-refractivity contribution is -0.179. The van der Waals surface area contributed by atoms with Gasteiger partial charge < -0.3 is 0 Å². The van der Waals surface area contributed by atoms with Gasteiger partial charge in [-0.2, -0.15) is 0 Å². The maximum absolute atomic E-state index is 13.8. The van der Waals surface area contributed by atoms with Crippen molar-refractivity contribution in [1.82, 2.24) is 0 Å². The van der Waals surface area contributed by atoms with E-state index in [1.54, 1.807) is 0 Å². The zero-order valence-corrected chi connectivity index (χ0v) is 23.8. The van der Waals surface area contributed by atoms with Crippen LogP contribution in [0.25, 0.3) is 0 Å². The first-order valence-corrected chi connectivity index (χ1v) is 16.6. The van der Waals surface area contributed by atoms with Crippen molar-refractivity contribution in [1.29, 1.82) is 0 Å². The molecule has 5 aliphatic rings. The molecule has 0 unspecified atom stereocenters. The summed E-state index contributed by atoms with van der Waals surface area (Å²) in [7, 11) is 0. The number of rotatable bonds is 8. The van der Waals surface area contributed by atoms with E-state index in [9.17, 15) is 9.59 Å². The molecule has 0 aromatic carbocycles. The summed E-state index contributed by atoms with van der Waals surface area (Å²) < 4.78 is 0. The molecule has 0 aromatic rings. The van der Waals surface area contributed by atoms with Gasteiger partial charge in [0.15, 0.2) is 11.6 Å². The summed E-state index contributed by atoms with van der Waals surface area (Å²) in [6.45, 7) is 4.62. The summed E-state index contributed by atoms with van der Waals surface area (Å²) in [6.07, 6.45) is 27.7. The SMILES string of the molecule is CCCC[C@H]1CC[C@H](C2CCC3(CC2)C(=O)C2(CCC([C@H]4CC[C@H](CCCC)CC4)CC2)C3=O)CC1. The van der Waals surface area contributed by atoms with Crippen molar-refractivity contribution in [2.45, 2.75) is 155 Å². The molecule has 0 bridgehead atoms. The Hall–Kier alpha value is -0.660. The molecular weight excluding hydrogens is 440 g/mol. The minimum Gasteiger partial charge on any atom is -0.297 e. The fourth-order valence-corrected chi connectivity index (χ4v) is 10.1. The second kappa shape index (κ2) is 11.6. The Kier molecular flexibility index (Phi) is 8.68. The molecule has 0 N–H and O–H groups in total. The maximum Gasteiger partial charge on any atom is 0.159 e. The molecule has 2 nitrogen and oxygen atoms in total. The van der Waals surface area contributed by atoms with Crippen LogP contribution < -0.4 is 0 Å². The molecule has 5 fully saturated rings. The third-order valence-electron chi connectivity index (χ3n) is 12.6. The quantitative estimate of drug-likeness (QED) is 0.313. The molecule has 5 rings (SSSR count). The summed E-state index contributed by atoms with van der Waals surface area (Å²) in [4.78, 5) is 27.5. The van der Waals surface area contributed by atoms with Crippen molar-refractivity contribution in [2.24, 2.45) is 46.3 Å². The molecule has 5 aliphatic carbocycles. The number of carbonyl (C=O) groups is 2. The number of carbonyl (C=O) groups excluding carboxylic acids is 2. The molecule has 0 aromatic heterocycles. The highest BCUT2D eigenvalue weighted by molar-refractivity contribution is 6.30. The van der Waals surface area contributed by atoms with Crippen LogP contribution in [0.4, 0.5) is 0 Å². The number of hydrogen-bond acceptors (Lipinski definition) is 2. The van der Waals surface area contributed by atoms with Gasteiger partial charge in [-0.3, -0.25) is 9.59 Å². The highest BCUT2D eigenvalue weighted by atomic mass is 16.2. The van der Waals surface area contributed by atoms with Crippen LogP contribution in [0.15, 0.2) is 0 Å². The van der Waals surface area contributed by atoms with E-state index in [4.69, 9.17) is 0 Å². The van der Waals surface area contributed by atoms with Crippen LogP contribution in [0.2, 0.25) is 0 Å². The van der Waals surface area contributed by atoms with Crippen LogP contribution in [0, 0.1) is 46.3 Å². The van der Waals surface area contributed by atoms with Gasteiger partial charge in [0.2, 0.25) is 0 Å². The molecule has 36 heavy (non-hydrogen) atoms. The van der Waals surface area contributed by atoms with Crippen molar-refractivity contribution in [3.63, 3.8) is 0 Å². The van der Waals surface area contributed by atoms with E-state index in [1.807, 2.05) is 0 Å². The van der Waals surface area contributed by atoms with E-state index in [0.29, 0.717) is 11.6 Å². The van der Waals surface area contributed by atoms with Crippen molar-refractivity contribution < 1.29 is 9.59 Å². The van der Waals surface area contributed by atoms with Gasteiger partial charge >= 0.3 is 0 Å².